The molecule has 20 heavy (non-hydrogen) atoms. The summed E-state index contributed by atoms with van der Waals surface area (Å²) in [5, 5.41) is 2.26. The molecule has 0 bridgehead atoms. The van der Waals surface area contributed by atoms with Crippen molar-refractivity contribution in [2.45, 2.75) is 6.92 Å². The number of hydrogen-bond acceptors (Lipinski definition) is 2. The van der Waals surface area contributed by atoms with Gasteiger partial charge in [-0.15, -0.1) is 0 Å². The molecule has 0 fully saturated rings. The molecule has 0 amide bonds. The summed E-state index contributed by atoms with van der Waals surface area (Å²) < 4.78 is 0. The number of aromatic amines is 1. The van der Waals surface area contributed by atoms with Crippen LogP contribution in [-0.2, 0) is 0 Å². The quantitative estimate of drug-likeness (QED) is 0.559. The Hall–Kier alpha value is -2.68. The zero-order valence-electron chi connectivity index (χ0n) is 11.1. The average molecular weight is 259 g/mol. The standard InChI is InChI=1S/C17H13N3/c1-11-18-16(12-7-3-2-4-8-12)15-13-9-5-6-10-14(13)20-17(15)19-11/h2-10H,1H3,(H,18,19,20). The number of nitrogens with one attached hydrogen (secondary N) is 1. The third kappa shape index (κ3) is 1.60. The second-order valence-corrected chi connectivity index (χ2v) is 4.88. The van der Waals surface area contributed by atoms with Gasteiger partial charge in [-0.05, 0) is 13.0 Å². The smallest absolute Gasteiger partial charge is 0.142 e. The Morgan fingerprint density at radius 1 is 0.850 bits per heavy atom. The molecule has 2 aromatic carbocycles. The van der Waals surface area contributed by atoms with E-state index < -0.39 is 0 Å². The van der Waals surface area contributed by atoms with Crippen molar-refractivity contribution >= 4 is 21.9 Å². The summed E-state index contributed by atoms with van der Waals surface area (Å²) in [7, 11) is 0. The van der Waals surface area contributed by atoms with Gasteiger partial charge in [-0.2, -0.15) is 0 Å². The second kappa shape index (κ2) is 4.17. The highest BCUT2D eigenvalue weighted by Gasteiger charge is 2.13. The summed E-state index contributed by atoms with van der Waals surface area (Å²) in [5.74, 6) is 0.780. The summed E-state index contributed by atoms with van der Waals surface area (Å²) in [4.78, 5) is 12.6. The van der Waals surface area contributed by atoms with Crippen LogP contribution in [0, 0.1) is 6.92 Å². The lowest BCUT2D eigenvalue weighted by Crippen LogP contribution is -1.92. The third-order valence-electron chi connectivity index (χ3n) is 3.52. The predicted molar refractivity (Wildman–Crippen MR) is 81.6 cm³/mol. The lowest BCUT2D eigenvalue weighted by Gasteiger charge is -2.04. The Labute approximate surface area is 116 Å². The maximum Gasteiger partial charge on any atom is 0.142 e. The zero-order chi connectivity index (χ0) is 13.5. The molecule has 96 valence electrons. The number of para-hydroxylation sites is 1. The molecule has 0 saturated carbocycles. The number of H-pyrrole nitrogens is 1. The molecule has 3 nitrogen and oxygen atoms in total. The minimum Gasteiger partial charge on any atom is -0.339 e. The van der Waals surface area contributed by atoms with Gasteiger partial charge in [-0.25, -0.2) is 9.97 Å². The summed E-state index contributed by atoms with van der Waals surface area (Å²) >= 11 is 0. The van der Waals surface area contributed by atoms with Crippen LogP contribution in [-0.4, -0.2) is 15.0 Å². The molecular formula is C17H13N3. The fraction of sp³-hybridized carbons (Fsp3) is 0.0588. The summed E-state index contributed by atoms with van der Waals surface area (Å²) in [6.45, 7) is 1.93. The van der Waals surface area contributed by atoms with Gasteiger partial charge in [0.25, 0.3) is 0 Å². The molecule has 4 aromatic rings. The molecule has 0 radical (unpaired) electrons. The van der Waals surface area contributed by atoms with Crippen LogP contribution in [0.3, 0.4) is 0 Å². The third-order valence-corrected chi connectivity index (χ3v) is 3.52. The van der Waals surface area contributed by atoms with Gasteiger partial charge < -0.3 is 4.98 Å². The van der Waals surface area contributed by atoms with Crippen molar-refractivity contribution in [2.75, 3.05) is 0 Å². The molecule has 0 unspecified atom stereocenters. The van der Waals surface area contributed by atoms with Gasteiger partial charge in [-0.3, -0.25) is 0 Å². The van der Waals surface area contributed by atoms with Crippen LogP contribution in [0.1, 0.15) is 5.82 Å². The fourth-order valence-corrected chi connectivity index (χ4v) is 2.66. The van der Waals surface area contributed by atoms with Crippen molar-refractivity contribution in [1.29, 1.82) is 0 Å². The van der Waals surface area contributed by atoms with E-state index in [0.29, 0.717) is 0 Å². The van der Waals surface area contributed by atoms with Gasteiger partial charge in [0.1, 0.15) is 11.5 Å². The van der Waals surface area contributed by atoms with Gasteiger partial charge in [0.15, 0.2) is 0 Å². The molecule has 2 heterocycles. The maximum absolute atomic E-state index is 4.66. The van der Waals surface area contributed by atoms with E-state index in [1.807, 2.05) is 37.3 Å². The van der Waals surface area contributed by atoms with Gasteiger partial charge in [0, 0.05) is 16.5 Å². The first-order valence-electron chi connectivity index (χ1n) is 6.63. The van der Waals surface area contributed by atoms with Crippen LogP contribution in [0.4, 0.5) is 0 Å². The van der Waals surface area contributed by atoms with Gasteiger partial charge in [0.2, 0.25) is 0 Å². The molecule has 0 spiro atoms. The largest absolute Gasteiger partial charge is 0.339 e. The Kier molecular flexibility index (Phi) is 2.33. The van der Waals surface area contributed by atoms with Crippen molar-refractivity contribution in [1.82, 2.24) is 15.0 Å². The molecule has 0 aliphatic heterocycles. The lowest BCUT2D eigenvalue weighted by molar-refractivity contribution is 1.09. The molecule has 0 saturated heterocycles. The first kappa shape index (κ1) is 11.2. The van der Waals surface area contributed by atoms with Gasteiger partial charge >= 0.3 is 0 Å². The lowest BCUT2D eigenvalue weighted by atomic mass is 10.1. The Balaban J connectivity index is 2.19. The van der Waals surface area contributed by atoms with Crippen LogP contribution in [0.2, 0.25) is 0 Å². The maximum atomic E-state index is 4.66. The Morgan fingerprint density at radius 2 is 1.60 bits per heavy atom. The van der Waals surface area contributed by atoms with Gasteiger partial charge in [-0.1, -0.05) is 48.5 Å². The van der Waals surface area contributed by atoms with E-state index in [0.717, 1.165) is 33.6 Å². The van der Waals surface area contributed by atoms with Crippen molar-refractivity contribution in [3.05, 3.63) is 60.4 Å². The van der Waals surface area contributed by atoms with Crippen molar-refractivity contribution < 1.29 is 0 Å². The van der Waals surface area contributed by atoms with Crippen molar-refractivity contribution in [3.63, 3.8) is 0 Å². The minimum absolute atomic E-state index is 0.780. The van der Waals surface area contributed by atoms with Crippen LogP contribution in [0.5, 0.6) is 0 Å². The summed E-state index contributed by atoms with van der Waals surface area (Å²) in [6.07, 6.45) is 0. The van der Waals surface area contributed by atoms with E-state index in [1.54, 1.807) is 0 Å². The van der Waals surface area contributed by atoms with E-state index in [2.05, 4.69) is 39.2 Å². The van der Waals surface area contributed by atoms with E-state index in [9.17, 15) is 0 Å². The SMILES string of the molecule is Cc1nc(-c2ccccc2)c2c(n1)[nH]c1ccccc12. The summed E-state index contributed by atoms with van der Waals surface area (Å²) in [6, 6.07) is 18.5. The van der Waals surface area contributed by atoms with E-state index in [4.69, 9.17) is 0 Å². The average Bonchev–Trinajstić information content (AvgIpc) is 2.85. The molecule has 4 rings (SSSR count). The topological polar surface area (TPSA) is 41.6 Å². The molecular weight excluding hydrogens is 246 g/mol. The second-order valence-electron chi connectivity index (χ2n) is 4.88. The number of fused-ring (bicyclic) bond motifs is 3. The zero-order valence-corrected chi connectivity index (χ0v) is 11.1. The van der Waals surface area contributed by atoms with Crippen LogP contribution in [0.15, 0.2) is 54.6 Å². The first-order valence-corrected chi connectivity index (χ1v) is 6.63. The fourth-order valence-electron chi connectivity index (χ4n) is 2.66. The monoisotopic (exact) mass is 259 g/mol. The highest BCUT2D eigenvalue weighted by atomic mass is 14.9. The van der Waals surface area contributed by atoms with E-state index in [1.165, 1.54) is 5.39 Å². The first-order chi connectivity index (χ1) is 9.83. The molecule has 1 N–H and O–H groups in total. The number of nitrogens with zero attached hydrogens (tertiary/aromatic N) is 2. The molecule has 0 aliphatic rings. The van der Waals surface area contributed by atoms with Gasteiger partial charge in [0.05, 0.1) is 11.1 Å². The number of aryl methyl sites for hydroxylation is 1. The van der Waals surface area contributed by atoms with Crippen LogP contribution < -0.4 is 0 Å². The van der Waals surface area contributed by atoms with Crippen molar-refractivity contribution in [2.24, 2.45) is 0 Å². The molecule has 3 heteroatoms. The number of hydrogen-bond donors (Lipinski definition) is 1. The number of rotatable bonds is 1. The Morgan fingerprint density at radius 3 is 2.45 bits per heavy atom. The molecule has 0 aliphatic carbocycles. The number of benzene rings is 2. The van der Waals surface area contributed by atoms with Crippen LogP contribution >= 0.6 is 0 Å². The highest BCUT2D eigenvalue weighted by molar-refractivity contribution is 6.11. The van der Waals surface area contributed by atoms with E-state index in [-0.39, 0.29) is 0 Å². The normalized spacial score (nSPS) is 11.2. The molecule has 0 atom stereocenters. The predicted octanol–water partition coefficient (Wildman–Crippen LogP) is 4.09. The Bertz CT molecular complexity index is 907. The van der Waals surface area contributed by atoms with Crippen LogP contribution in [0.25, 0.3) is 33.2 Å². The van der Waals surface area contributed by atoms with E-state index >= 15 is 0 Å². The minimum atomic E-state index is 0.780. The summed E-state index contributed by atoms with van der Waals surface area (Å²) in [5.41, 5.74) is 4.11. The van der Waals surface area contributed by atoms with Crippen molar-refractivity contribution in [3.8, 4) is 11.3 Å². The molecule has 2 aromatic heterocycles. The number of aromatic nitrogens is 3. The highest BCUT2D eigenvalue weighted by Crippen LogP contribution is 2.32.